The first-order chi connectivity index (χ1) is 17.4. The Morgan fingerprint density at radius 2 is 1.81 bits per heavy atom. The van der Waals surface area contributed by atoms with Gasteiger partial charge in [0.25, 0.3) is 5.91 Å². The van der Waals surface area contributed by atoms with E-state index in [9.17, 15) is 9.59 Å². The fourth-order valence-electron chi connectivity index (χ4n) is 4.12. The Labute approximate surface area is 209 Å². The summed E-state index contributed by atoms with van der Waals surface area (Å²) in [6.45, 7) is 3.96. The number of aromatic nitrogens is 4. The van der Waals surface area contributed by atoms with Gasteiger partial charge in [0.1, 0.15) is 0 Å². The molecule has 3 aromatic rings. The first kappa shape index (κ1) is 25.0. The van der Waals surface area contributed by atoms with Crippen LogP contribution in [0, 0.1) is 6.92 Å². The van der Waals surface area contributed by atoms with E-state index >= 15 is 0 Å². The molecule has 0 atom stereocenters. The van der Waals surface area contributed by atoms with E-state index in [4.69, 9.17) is 5.84 Å². The quantitative estimate of drug-likeness (QED) is 0.262. The number of rotatable bonds is 7. The van der Waals surface area contributed by atoms with Gasteiger partial charge in [-0.25, -0.2) is 0 Å². The molecule has 4 rings (SSSR count). The van der Waals surface area contributed by atoms with Crippen LogP contribution < -0.4 is 16.5 Å². The maximum Gasteiger partial charge on any atom is 0.278 e. The fraction of sp³-hybridized carbons (Fsp3) is 0.360. The highest BCUT2D eigenvalue weighted by Gasteiger charge is 2.18. The standard InChI is InChI=1S/C25H31N9O2/c1-17-22(11-20(14-27-17)30-23(35)16-34-9-5-3-4-6-10-34)31-25(36)24(32-26)21-8-7-18(12-28-21)19-13-29-33(2)15-19/h7-8,11-15H,3-6,9-10,16,26H2,1-2H3,(H,30,35)(H,31,36)/b32-24+. The Balaban J connectivity index is 1.41. The van der Waals surface area contributed by atoms with Crippen molar-refractivity contribution in [1.29, 1.82) is 0 Å². The van der Waals surface area contributed by atoms with Crippen molar-refractivity contribution in [1.82, 2.24) is 24.6 Å². The number of nitrogens with zero attached hydrogens (tertiary/aromatic N) is 6. The number of likely N-dealkylation sites (tertiary alicyclic amines) is 1. The van der Waals surface area contributed by atoms with E-state index in [0.29, 0.717) is 29.3 Å². The minimum Gasteiger partial charge on any atom is -0.324 e. The molecule has 1 saturated heterocycles. The molecule has 2 amide bonds. The lowest BCUT2D eigenvalue weighted by atomic mass is 10.1. The number of carbonyl (C=O) groups is 2. The molecule has 0 saturated carbocycles. The molecule has 188 valence electrons. The van der Waals surface area contributed by atoms with Crippen LogP contribution in [0.15, 0.2) is 48.1 Å². The first-order valence-corrected chi connectivity index (χ1v) is 12.0. The summed E-state index contributed by atoms with van der Waals surface area (Å²) in [6, 6.07) is 5.18. The number of hydrogen-bond acceptors (Lipinski definition) is 8. The van der Waals surface area contributed by atoms with E-state index in [1.807, 2.05) is 19.3 Å². The third kappa shape index (κ3) is 6.30. The lowest BCUT2D eigenvalue weighted by molar-refractivity contribution is -0.117. The van der Waals surface area contributed by atoms with E-state index in [-0.39, 0.29) is 11.6 Å². The van der Waals surface area contributed by atoms with Crippen LogP contribution in [0.5, 0.6) is 0 Å². The van der Waals surface area contributed by atoms with Crippen LogP contribution in [0.25, 0.3) is 11.1 Å². The molecule has 0 bridgehead atoms. The Kier molecular flexibility index (Phi) is 8.01. The number of amides is 2. The first-order valence-electron chi connectivity index (χ1n) is 12.0. The lowest BCUT2D eigenvalue weighted by Gasteiger charge is -2.19. The van der Waals surface area contributed by atoms with Crippen molar-refractivity contribution in [2.75, 3.05) is 30.3 Å². The van der Waals surface area contributed by atoms with Crippen molar-refractivity contribution in [3.05, 3.63) is 54.4 Å². The largest absolute Gasteiger partial charge is 0.324 e. The monoisotopic (exact) mass is 489 g/mol. The summed E-state index contributed by atoms with van der Waals surface area (Å²) in [5, 5.41) is 13.5. The topological polar surface area (TPSA) is 143 Å². The number of anilines is 2. The molecule has 36 heavy (non-hydrogen) atoms. The summed E-state index contributed by atoms with van der Waals surface area (Å²) in [4.78, 5) is 36.4. The number of hydrazone groups is 1. The molecule has 0 radical (unpaired) electrons. The van der Waals surface area contributed by atoms with Gasteiger partial charge in [0.2, 0.25) is 5.91 Å². The highest BCUT2D eigenvalue weighted by Crippen LogP contribution is 2.20. The summed E-state index contributed by atoms with van der Waals surface area (Å²) >= 11 is 0. The zero-order valence-electron chi connectivity index (χ0n) is 20.6. The van der Waals surface area contributed by atoms with Crippen LogP contribution in [0.2, 0.25) is 0 Å². The zero-order valence-corrected chi connectivity index (χ0v) is 20.6. The Morgan fingerprint density at radius 3 is 2.44 bits per heavy atom. The second-order valence-corrected chi connectivity index (χ2v) is 8.86. The number of nitrogens with two attached hydrogens (primary N) is 1. The molecule has 1 fully saturated rings. The predicted octanol–water partition coefficient (Wildman–Crippen LogP) is 2.30. The number of aryl methyl sites for hydroxylation is 2. The molecule has 1 aliphatic heterocycles. The van der Waals surface area contributed by atoms with Crippen LogP contribution in [-0.2, 0) is 16.6 Å². The average Bonchev–Trinajstić information content (AvgIpc) is 3.13. The van der Waals surface area contributed by atoms with Gasteiger partial charge in [-0.2, -0.15) is 10.2 Å². The molecule has 0 aromatic carbocycles. The van der Waals surface area contributed by atoms with Gasteiger partial charge in [-0.3, -0.25) is 29.1 Å². The van der Waals surface area contributed by atoms with Gasteiger partial charge in [0, 0.05) is 30.6 Å². The van der Waals surface area contributed by atoms with E-state index in [2.05, 4.69) is 35.7 Å². The Hall–Kier alpha value is -4.12. The van der Waals surface area contributed by atoms with Crippen molar-refractivity contribution in [2.24, 2.45) is 18.0 Å². The molecule has 1 aliphatic rings. The summed E-state index contributed by atoms with van der Waals surface area (Å²) < 4.78 is 1.70. The van der Waals surface area contributed by atoms with Crippen LogP contribution in [0.4, 0.5) is 11.4 Å². The summed E-state index contributed by atoms with van der Waals surface area (Å²) in [7, 11) is 1.84. The van der Waals surface area contributed by atoms with E-state index in [1.165, 1.54) is 12.8 Å². The number of pyridine rings is 2. The number of hydrogen-bond donors (Lipinski definition) is 3. The van der Waals surface area contributed by atoms with Crippen LogP contribution in [0.3, 0.4) is 0 Å². The second-order valence-electron chi connectivity index (χ2n) is 8.86. The third-order valence-corrected chi connectivity index (χ3v) is 6.07. The fourth-order valence-corrected chi connectivity index (χ4v) is 4.12. The van der Waals surface area contributed by atoms with Gasteiger partial charge in [-0.1, -0.05) is 18.9 Å². The molecule has 0 aliphatic carbocycles. The molecule has 0 unspecified atom stereocenters. The molecular weight excluding hydrogens is 458 g/mol. The van der Waals surface area contributed by atoms with Crippen molar-refractivity contribution in [3.8, 4) is 11.1 Å². The van der Waals surface area contributed by atoms with Crippen LogP contribution >= 0.6 is 0 Å². The predicted molar refractivity (Wildman–Crippen MR) is 138 cm³/mol. The van der Waals surface area contributed by atoms with Gasteiger partial charge in [-0.15, -0.1) is 0 Å². The van der Waals surface area contributed by atoms with Crippen LogP contribution in [0.1, 0.15) is 37.1 Å². The molecule has 4 N–H and O–H groups in total. The summed E-state index contributed by atoms with van der Waals surface area (Å²) in [6.07, 6.45) is 11.5. The third-order valence-electron chi connectivity index (χ3n) is 6.07. The van der Waals surface area contributed by atoms with Crippen molar-refractivity contribution in [2.45, 2.75) is 32.6 Å². The maximum atomic E-state index is 13.0. The Morgan fingerprint density at radius 1 is 1.03 bits per heavy atom. The minimum absolute atomic E-state index is 0.0252. The summed E-state index contributed by atoms with van der Waals surface area (Å²) in [5.74, 6) is 4.90. The van der Waals surface area contributed by atoms with Crippen molar-refractivity contribution >= 4 is 28.9 Å². The van der Waals surface area contributed by atoms with Crippen LogP contribution in [-0.4, -0.2) is 61.8 Å². The van der Waals surface area contributed by atoms with E-state index < -0.39 is 5.91 Å². The normalized spacial score (nSPS) is 14.8. The van der Waals surface area contributed by atoms with Crippen molar-refractivity contribution < 1.29 is 9.59 Å². The van der Waals surface area contributed by atoms with Gasteiger partial charge in [-0.05, 0) is 45.0 Å². The van der Waals surface area contributed by atoms with Crippen molar-refractivity contribution in [3.63, 3.8) is 0 Å². The molecule has 4 heterocycles. The average molecular weight is 490 g/mol. The van der Waals surface area contributed by atoms with Gasteiger partial charge in [0.15, 0.2) is 5.71 Å². The molecule has 3 aromatic heterocycles. The molecule has 0 spiro atoms. The summed E-state index contributed by atoms with van der Waals surface area (Å²) in [5.41, 5.74) is 3.60. The lowest BCUT2D eigenvalue weighted by Crippen LogP contribution is -2.34. The van der Waals surface area contributed by atoms with Gasteiger partial charge in [0.05, 0.1) is 41.7 Å². The van der Waals surface area contributed by atoms with E-state index in [0.717, 1.165) is 37.1 Å². The smallest absolute Gasteiger partial charge is 0.278 e. The molecular formula is C25H31N9O2. The van der Waals surface area contributed by atoms with Gasteiger partial charge < -0.3 is 16.5 Å². The van der Waals surface area contributed by atoms with Gasteiger partial charge >= 0.3 is 0 Å². The number of nitrogens with one attached hydrogen (secondary N) is 2. The highest BCUT2D eigenvalue weighted by molar-refractivity contribution is 6.48. The minimum atomic E-state index is -0.530. The molecule has 11 heteroatoms. The van der Waals surface area contributed by atoms with E-state index in [1.54, 1.807) is 42.3 Å². The second kappa shape index (κ2) is 11.5. The number of carbonyl (C=O) groups excluding carboxylic acids is 2. The highest BCUT2D eigenvalue weighted by atomic mass is 16.2. The maximum absolute atomic E-state index is 13.0. The molecule has 11 nitrogen and oxygen atoms in total. The zero-order chi connectivity index (χ0) is 25.5. The Bertz CT molecular complexity index is 1240. The SMILES string of the molecule is Cc1ncc(NC(=O)CN2CCCCCC2)cc1NC(=O)/C(=N/N)c1ccc(-c2cnn(C)c2)cn1.